The first-order valence-electron chi connectivity index (χ1n) is 13.0. The van der Waals surface area contributed by atoms with Gasteiger partial charge in [0, 0.05) is 18.2 Å². The molecular formula is C30H28FN3O5S. The zero-order valence-corrected chi connectivity index (χ0v) is 22.7. The predicted molar refractivity (Wildman–Crippen MR) is 153 cm³/mol. The maximum atomic E-state index is 14.4. The number of rotatable bonds is 8. The molecule has 2 aliphatic rings. The van der Waals surface area contributed by atoms with Crippen molar-refractivity contribution in [1.82, 2.24) is 4.90 Å². The number of ether oxygens (including phenoxy) is 2. The van der Waals surface area contributed by atoms with E-state index in [4.69, 9.17) is 9.47 Å². The van der Waals surface area contributed by atoms with Crippen LogP contribution in [0.25, 0.3) is 6.08 Å². The number of carbonyl (C=O) groups excluding carboxylic acids is 1. The summed E-state index contributed by atoms with van der Waals surface area (Å²) in [7, 11) is 1.53. The molecule has 1 saturated heterocycles. The van der Waals surface area contributed by atoms with Crippen molar-refractivity contribution in [3.8, 4) is 11.5 Å². The number of amides is 1. The molecule has 1 saturated carbocycles. The molecule has 8 nitrogen and oxygen atoms in total. The molecule has 2 fully saturated rings. The molecular weight excluding hydrogens is 533 g/mol. The number of nitro benzene ring substituents is 1. The summed E-state index contributed by atoms with van der Waals surface area (Å²) in [6.45, 7) is 0.204. The van der Waals surface area contributed by atoms with E-state index < -0.39 is 10.7 Å². The number of nitro groups is 1. The van der Waals surface area contributed by atoms with Gasteiger partial charge in [0.1, 0.15) is 18.1 Å². The van der Waals surface area contributed by atoms with Gasteiger partial charge in [0.25, 0.3) is 11.6 Å². The van der Waals surface area contributed by atoms with E-state index in [0.29, 0.717) is 21.6 Å². The molecule has 1 heterocycles. The molecule has 206 valence electrons. The number of aliphatic imine (C=N–C) groups is 1. The molecule has 0 bridgehead atoms. The second-order valence-corrected chi connectivity index (χ2v) is 10.6. The molecule has 0 unspecified atom stereocenters. The summed E-state index contributed by atoms with van der Waals surface area (Å²) in [6.07, 6.45) is 6.81. The average Bonchev–Trinajstić information content (AvgIpc) is 3.27. The van der Waals surface area contributed by atoms with Gasteiger partial charge in [0.15, 0.2) is 16.7 Å². The van der Waals surface area contributed by atoms with E-state index in [-0.39, 0.29) is 29.9 Å². The van der Waals surface area contributed by atoms with Crippen LogP contribution >= 0.6 is 11.8 Å². The minimum absolute atomic E-state index is 0.0159. The Morgan fingerprint density at radius 1 is 1.07 bits per heavy atom. The van der Waals surface area contributed by atoms with Crippen LogP contribution in [0.5, 0.6) is 11.5 Å². The molecule has 1 aliphatic heterocycles. The number of benzene rings is 3. The summed E-state index contributed by atoms with van der Waals surface area (Å²) in [6, 6.07) is 17.9. The van der Waals surface area contributed by atoms with Crippen molar-refractivity contribution < 1.29 is 23.6 Å². The largest absolute Gasteiger partial charge is 0.493 e. The van der Waals surface area contributed by atoms with E-state index in [1.54, 1.807) is 53.4 Å². The number of para-hydroxylation sites is 1. The van der Waals surface area contributed by atoms with Crippen LogP contribution in [0.2, 0.25) is 0 Å². The smallest absolute Gasteiger partial charge is 0.269 e. The first-order chi connectivity index (χ1) is 19.4. The zero-order chi connectivity index (χ0) is 28.1. The van der Waals surface area contributed by atoms with E-state index in [1.807, 2.05) is 6.07 Å². The van der Waals surface area contributed by atoms with Gasteiger partial charge in [-0.3, -0.25) is 19.8 Å². The first kappa shape index (κ1) is 27.4. The molecule has 3 aromatic carbocycles. The molecule has 0 spiro atoms. The Kier molecular flexibility index (Phi) is 8.45. The zero-order valence-electron chi connectivity index (χ0n) is 21.9. The summed E-state index contributed by atoms with van der Waals surface area (Å²) in [4.78, 5) is 30.8. The lowest BCUT2D eigenvalue weighted by atomic mass is 9.94. The third kappa shape index (κ3) is 6.17. The van der Waals surface area contributed by atoms with Crippen molar-refractivity contribution in [1.29, 1.82) is 0 Å². The molecule has 40 heavy (non-hydrogen) atoms. The molecule has 3 aromatic rings. The van der Waals surface area contributed by atoms with Crippen LogP contribution in [0.1, 0.15) is 43.2 Å². The Hall–Kier alpha value is -4.18. The third-order valence-corrected chi connectivity index (χ3v) is 7.86. The maximum Gasteiger partial charge on any atom is 0.269 e. The first-order valence-corrected chi connectivity index (χ1v) is 13.8. The highest BCUT2D eigenvalue weighted by Gasteiger charge is 2.38. The van der Waals surface area contributed by atoms with Crippen molar-refractivity contribution in [3.05, 3.63) is 98.7 Å². The number of amidine groups is 1. The van der Waals surface area contributed by atoms with Gasteiger partial charge in [-0.1, -0.05) is 37.5 Å². The van der Waals surface area contributed by atoms with Crippen molar-refractivity contribution in [3.63, 3.8) is 0 Å². The Bertz CT molecular complexity index is 1470. The Morgan fingerprint density at radius 2 is 1.82 bits per heavy atom. The molecule has 1 aliphatic carbocycles. The molecule has 0 atom stereocenters. The van der Waals surface area contributed by atoms with Crippen LogP contribution in [0.3, 0.4) is 0 Å². The number of thioether (sulfide) groups is 1. The topological polar surface area (TPSA) is 94.3 Å². The molecule has 0 radical (unpaired) electrons. The maximum absolute atomic E-state index is 14.4. The van der Waals surface area contributed by atoms with Gasteiger partial charge in [-0.2, -0.15) is 0 Å². The summed E-state index contributed by atoms with van der Waals surface area (Å²) >= 11 is 1.25. The van der Waals surface area contributed by atoms with E-state index >= 15 is 0 Å². The molecule has 1 amide bonds. The van der Waals surface area contributed by atoms with E-state index in [1.165, 1.54) is 37.1 Å². The molecule has 0 aromatic heterocycles. The lowest BCUT2D eigenvalue weighted by molar-refractivity contribution is -0.384. The fourth-order valence-electron chi connectivity index (χ4n) is 4.79. The highest BCUT2D eigenvalue weighted by molar-refractivity contribution is 8.18. The second-order valence-electron chi connectivity index (χ2n) is 9.55. The number of halogens is 1. The number of hydrogen-bond donors (Lipinski definition) is 0. The molecule has 10 heteroatoms. The van der Waals surface area contributed by atoms with Crippen molar-refractivity contribution in [2.75, 3.05) is 7.11 Å². The third-order valence-electron chi connectivity index (χ3n) is 6.87. The fourth-order valence-corrected chi connectivity index (χ4v) is 5.84. The SMILES string of the molecule is COc1cc(/C=C2\SC(=Nc3ccccc3F)N(C3CCCCC3)C2=O)ccc1OCc1ccc([N+](=O)[O-])cc1. The summed E-state index contributed by atoms with van der Waals surface area (Å²) in [5.74, 6) is 0.415. The van der Waals surface area contributed by atoms with Gasteiger partial charge >= 0.3 is 0 Å². The predicted octanol–water partition coefficient (Wildman–Crippen LogP) is 7.26. The van der Waals surface area contributed by atoms with Gasteiger partial charge in [-0.05, 0) is 78.2 Å². The van der Waals surface area contributed by atoms with E-state index in [0.717, 1.165) is 43.2 Å². The standard InChI is InChI=1S/C30H28FN3O5S/c1-38-27-17-21(13-16-26(27)39-19-20-11-14-23(15-12-20)34(36)37)18-28-29(35)33(22-7-3-2-4-8-22)30(40-28)32-25-10-6-5-9-24(25)31/h5-6,9-18,22H,2-4,7-8,19H2,1H3/b28-18-,32-30?. The van der Waals surface area contributed by atoms with Crippen LogP contribution in [-0.2, 0) is 11.4 Å². The minimum atomic E-state index is -0.447. The van der Waals surface area contributed by atoms with Crippen molar-refractivity contribution >= 4 is 40.3 Å². The van der Waals surface area contributed by atoms with Gasteiger partial charge in [-0.15, -0.1) is 0 Å². The van der Waals surface area contributed by atoms with E-state index in [9.17, 15) is 19.3 Å². The fraction of sp³-hybridized carbons (Fsp3) is 0.267. The van der Waals surface area contributed by atoms with Gasteiger partial charge in [0.05, 0.1) is 16.9 Å². The summed E-state index contributed by atoms with van der Waals surface area (Å²) in [5, 5.41) is 11.4. The summed E-state index contributed by atoms with van der Waals surface area (Å²) < 4.78 is 25.8. The van der Waals surface area contributed by atoms with Crippen LogP contribution < -0.4 is 9.47 Å². The van der Waals surface area contributed by atoms with E-state index in [2.05, 4.69) is 4.99 Å². The van der Waals surface area contributed by atoms with Crippen LogP contribution in [-0.4, -0.2) is 34.0 Å². The number of non-ortho nitro benzene ring substituents is 1. The number of methoxy groups -OCH3 is 1. The quantitative estimate of drug-likeness (QED) is 0.163. The normalized spacial score (nSPS) is 17.9. The average molecular weight is 562 g/mol. The van der Waals surface area contributed by atoms with Gasteiger partial charge in [-0.25, -0.2) is 9.38 Å². The molecule has 0 N–H and O–H groups in total. The monoisotopic (exact) mass is 561 g/mol. The number of carbonyl (C=O) groups is 1. The Balaban J connectivity index is 1.38. The minimum Gasteiger partial charge on any atom is -0.493 e. The number of hydrogen-bond acceptors (Lipinski definition) is 7. The Morgan fingerprint density at radius 3 is 2.52 bits per heavy atom. The highest BCUT2D eigenvalue weighted by Crippen LogP contribution is 2.39. The lowest BCUT2D eigenvalue weighted by Crippen LogP contribution is -2.40. The van der Waals surface area contributed by atoms with Gasteiger partial charge < -0.3 is 9.47 Å². The van der Waals surface area contributed by atoms with Crippen molar-refractivity contribution in [2.24, 2.45) is 4.99 Å². The lowest BCUT2D eigenvalue weighted by Gasteiger charge is -2.30. The van der Waals surface area contributed by atoms with Crippen molar-refractivity contribution in [2.45, 2.75) is 44.8 Å². The van der Waals surface area contributed by atoms with Crippen LogP contribution in [0.15, 0.2) is 76.6 Å². The molecule has 5 rings (SSSR count). The number of nitrogens with zero attached hydrogens (tertiary/aromatic N) is 3. The highest BCUT2D eigenvalue weighted by atomic mass is 32.2. The van der Waals surface area contributed by atoms with Gasteiger partial charge in [0.2, 0.25) is 0 Å². The van der Waals surface area contributed by atoms with Crippen LogP contribution in [0, 0.1) is 15.9 Å². The Labute approximate surface area is 235 Å². The summed E-state index contributed by atoms with van der Waals surface area (Å²) in [5.41, 5.74) is 1.74. The second kappa shape index (κ2) is 12.3. The van der Waals surface area contributed by atoms with Crippen LogP contribution in [0.4, 0.5) is 15.8 Å².